The highest BCUT2D eigenvalue weighted by Crippen LogP contribution is 1.98. The third kappa shape index (κ3) is 8.80. The molecule has 112 valence electrons. The van der Waals surface area contributed by atoms with Crippen LogP contribution in [0.3, 0.4) is 0 Å². The van der Waals surface area contributed by atoms with Gasteiger partial charge in [0, 0.05) is 25.6 Å². The fourth-order valence-corrected chi connectivity index (χ4v) is 1.67. The molecule has 6 nitrogen and oxygen atoms in total. The summed E-state index contributed by atoms with van der Waals surface area (Å²) in [4.78, 5) is 22.8. The highest BCUT2D eigenvalue weighted by molar-refractivity contribution is 5.85. The van der Waals surface area contributed by atoms with E-state index in [9.17, 15) is 9.59 Å². The summed E-state index contributed by atoms with van der Waals surface area (Å²) in [7, 11) is 0. The average molecular weight is 295 g/mol. The summed E-state index contributed by atoms with van der Waals surface area (Å²) in [5.74, 6) is -0.361. The summed E-state index contributed by atoms with van der Waals surface area (Å²) in [6.07, 6.45) is 0.467. The van der Waals surface area contributed by atoms with Crippen LogP contribution in [0.15, 0.2) is 0 Å². The van der Waals surface area contributed by atoms with Gasteiger partial charge in [-0.05, 0) is 13.8 Å². The molecule has 1 rings (SSSR count). The summed E-state index contributed by atoms with van der Waals surface area (Å²) < 4.78 is 10.2. The number of carbonyl (C=O) groups is 2. The smallest absolute Gasteiger partial charge is 0.307 e. The number of hydrogen-bond acceptors (Lipinski definition) is 5. The van der Waals surface area contributed by atoms with Crippen molar-refractivity contribution in [1.29, 1.82) is 0 Å². The van der Waals surface area contributed by atoms with Gasteiger partial charge in [-0.1, -0.05) is 0 Å². The lowest BCUT2D eigenvalue weighted by atomic mass is 10.2. The van der Waals surface area contributed by atoms with Crippen molar-refractivity contribution in [2.45, 2.75) is 38.8 Å². The highest BCUT2D eigenvalue weighted by Gasteiger charge is 2.16. The Morgan fingerprint density at radius 1 is 1.47 bits per heavy atom. The molecule has 0 aromatic heterocycles. The molecule has 2 N–H and O–H groups in total. The van der Waals surface area contributed by atoms with Crippen LogP contribution in [0.4, 0.5) is 0 Å². The van der Waals surface area contributed by atoms with E-state index < -0.39 is 0 Å². The lowest BCUT2D eigenvalue weighted by Gasteiger charge is -2.23. The van der Waals surface area contributed by atoms with Gasteiger partial charge in [0.15, 0.2) is 0 Å². The number of hydrogen-bond donors (Lipinski definition) is 2. The molecule has 0 aromatic rings. The van der Waals surface area contributed by atoms with Gasteiger partial charge in [-0.15, -0.1) is 12.4 Å². The number of rotatable bonds is 6. The molecular weight excluding hydrogens is 272 g/mol. The van der Waals surface area contributed by atoms with Crippen LogP contribution in [0.2, 0.25) is 0 Å². The topological polar surface area (TPSA) is 76.7 Å². The minimum absolute atomic E-state index is 0. The number of amides is 1. The van der Waals surface area contributed by atoms with Crippen molar-refractivity contribution >= 4 is 24.3 Å². The Kier molecular flexibility index (Phi) is 9.55. The first-order valence-electron chi connectivity index (χ1n) is 6.35. The normalized spacial score (nSPS) is 18.6. The molecule has 0 radical (unpaired) electrons. The SMILES string of the molecule is CC(C)OC(=O)CCNC(=O)CC1COCCN1.Cl. The zero-order valence-electron chi connectivity index (χ0n) is 11.4. The third-order valence-corrected chi connectivity index (χ3v) is 2.45. The van der Waals surface area contributed by atoms with Gasteiger partial charge in [-0.3, -0.25) is 9.59 Å². The van der Waals surface area contributed by atoms with E-state index in [1.165, 1.54) is 0 Å². The first-order valence-corrected chi connectivity index (χ1v) is 6.35. The molecule has 1 amide bonds. The summed E-state index contributed by atoms with van der Waals surface area (Å²) >= 11 is 0. The van der Waals surface area contributed by atoms with E-state index in [1.54, 1.807) is 13.8 Å². The monoisotopic (exact) mass is 294 g/mol. The summed E-state index contributed by atoms with van der Waals surface area (Å²) in [6, 6.07) is 0.0707. The second kappa shape index (κ2) is 10.00. The molecule has 1 saturated heterocycles. The van der Waals surface area contributed by atoms with Crippen LogP contribution in [0.1, 0.15) is 26.7 Å². The van der Waals surface area contributed by atoms with Crippen LogP contribution in [-0.2, 0) is 19.1 Å². The Morgan fingerprint density at radius 2 is 2.21 bits per heavy atom. The van der Waals surface area contributed by atoms with E-state index in [-0.39, 0.29) is 42.9 Å². The second-order valence-electron chi connectivity index (χ2n) is 4.57. The molecule has 0 aliphatic carbocycles. The number of morpholine rings is 1. The van der Waals surface area contributed by atoms with Crippen LogP contribution in [0.5, 0.6) is 0 Å². The van der Waals surface area contributed by atoms with E-state index in [2.05, 4.69) is 10.6 Å². The third-order valence-electron chi connectivity index (χ3n) is 2.45. The van der Waals surface area contributed by atoms with Crippen molar-refractivity contribution < 1.29 is 19.1 Å². The Balaban J connectivity index is 0.00000324. The number of halogens is 1. The lowest BCUT2D eigenvalue weighted by molar-refractivity contribution is -0.147. The second-order valence-corrected chi connectivity index (χ2v) is 4.57. The average Bonchev–Trinajstić information content (AvgIpc) is 2.29. The maximum Gasteiger partial charge on any atom is 0.307 e. The van der Waals surface area contributed by atoms with E-state index in [1.807, 2.05) is 0 Å². The van der Waals surface area contributed by atoms with Crippen molar-refractivity contribution in [3.8, 4) is 0 Å². The fourth-order valence-electron chi connectivity index (χ4n) is 1.67. The molecule has 0 spiro atoms. The van der Waals surface area contributed by atoms with E-state index in [0.717, 1.165) is 6.54 Å². The molecule has 1 heterocycles. The van der Waals surface area contributed by atoms with Gasteiger partial charge in [-0.2, -0.15) is 0 Å². The molecule has 0 aromatic carbocycles. The minimum Gasteiger partial charge on any atom is -0.463 e. The van der Waals surface area contributed by atoms with Gasteiger partial charge >= 0.3 is 5.97 Å². The van der Waals surface area contributed by atoms with E-state index in [4.69, 9.17) is 9.47 Å². The molecule has 1 aliphatic rings. The number of esters is 1. The number of nitrogens with one attached hydrogen (secondary N) is 2. The fraction of sp³-hybridized carbons (Fsp3) is 0.833. The molecule has 1 aliphatic heterocycles. The zero-order valence-corrected chi connectivity index (χ0v) is 12.3. The van der Waals surface area contributed by atoms with Gasteiger partial charge in [-0.25, -0.2) is 0 Å². The van der Waals surface area contributed by atoms with E-state index >= 15 is 0 Å². The van der Waals surface area contributed by atoms with Crippen LogP contribution in [-0.4, -0.2) is 50.3 Å². The van der Waals surface area contributed by atoms with E-state index in [0.29, 0.717) is 26.2 Å². The predicted molar refractivity (Wildman–Crippen MR) is 73.3 cm³/mol. The summed E-state index contributed by atoms with van der Waals surface area (Å²) in [6.45, 7) is 5.94. The van der Waals surface area contributed by atoms with Gasteiger partial charge in [0.05, 0.1) is 25.7 Å². The molecular formula is C12H23ClN2O4. The predicted octanol–water partition coefficient (Wildman–Crippen LogP) is 0.245. The highest BCUT2D eigenvalue weighted by atomic mass is 35.5. The van der Waals surface area contributed by atoms with Crippen LogP contribution in [0, 0.1) is 0 Å². The van der Waals surface area contributed by atoms with Crippen molar-refractivity contribution in [2.75, 3.05) is 26.3 Å². The molecule has 1 atom stereocenters. The Morgan fingerprint density at radius 3 is 2.79 bits per heavy atom. The zero-order chi connectivity index (χ0) is 13.4. The van der Waals surface area contributed by atoms with Gasteiger partial charge < -0.3 is 20.1 Å². The molecule has 0 saturated carbocycles. The summed E-state index contributed by atoms with van der Waals surface area (Å²) in [5.41, 5.74) is 0. The van der Waals surface area contributed by atoms with Crippen molar-refractivity contribution in [2.24, 2.45) is 0 Å². The maximum atomic E-state index is 11.6. The first kappa shape index (κ1) is 18.1. The van der Waals surface area contributed by atoms with Gasteiger partial charge in [0.1, 0.15) is 0 Å². The minimum atomic E-state index is -0.288. The van der Waals surface area contributed by atoms with Gasteiger partial charge in [0.2, 0.25) is 5.91 Å². The molecule has 19 heavy (non-hydrogen) atoms. The van der Waals surface area contributed by atoms with Crippen LogP contribution < -0.4 is 10.6 Å². The molecule has 0 bridgehead atoms. The quantitative estimate of drug-likeness (QED) is 0.687. The Bertz CT molecular complexity index is 281. The van der Waals surface area contributed by atoms with Crippen LogP contribution in [0.25, 0.3) is 0 Å². The Hall–Kier alpha value is -0.850. The van der Waals surface area contributed by atoms with Crippen LogP contribution >= 0.6 is 12.4 Å². The molecule has 1 unspecified atom stereocenters. The van der Waals surface area contributed by atoms with Gasteiger partial charge in [0.25, 0.3) is 0 Å². The Labute approximate surface area is 120 Å². The van der Waals surface area contributed by atoms with Crippen molar-refractivity contribution in [3.05, 3.63) is 0 Å². The standard InChI is InChI=1S/C12H22N2O4.ClH/c1-9(2)18-12(16)3-4-14-11(15)7-10-8-17-6-5-13-10;/h9-10,13H,3-8H2,1-2H3,(H,14,15);1H. The number of ether oxygens (including phenoxy) is 2. The number of carbonyl (C=O) groups excluding carboxylic acids is 2. The van der Waals surface area contributed by atoms with Crippen molar-refractivity contribution in [3.63, 3.8) is 0 Å². The molecule has 7 heteroatoms. The molecule has 1 fully saturated rings. The largest absolute Gasteiger partial charge is 0.463 e. The lowest BCUT2D eigenvalue weighted by Crippen LogP contribution is -2.44. The summed E-state index contributed by atoms with van der Waals surface area (Å²) in [5, 5.41) is 5.90. The maximum absolute atomic E-state index is 11.6. The first-order chi connectivity index (χ1) is 8.58. The van der Waals surface area contributed by atoms with Crippen molar-refractivity contribution in [1.82, 2.24) is 10.6 Å².